The summed E-state index contributed by atoms with van der Waals surface area (Å²) in [5.74, 6) is 1.01. The lowest BCUT2D eigenvalue weighted by atomic mass is 9.68. The van der Waals surface area contributed by atoms with Crippen molar-refractivity contribution >= 4 is 0 Å². The third-order valence-electron chi connectivity index (χ3n) is 4.14. The average molecular weight is 208 g/mol. The van der Waals surface area contributed by atoms with E-state index in [-0.39, 0.29) is 0 Å². The molecule has 0 radical (unpaired) electrons. The number of rotatable bonds is 5. The largest absolute Gasteiger partial charge is 0.100 e. The first-order valence-electron chi connectivity index (χ1n) is 6.70. The Balaban J connectivity index is 2.33. The summed E-state index contributed by atoms with van der Waals surface area (Å²) in [6, 6.07) is 0. The molecule has 0 bridgehead atoms. The zero-order valence-corrected chi connectivity index (χ0v) is 10.9. The van der Waals surface area contributed by atoms with Crippen molar-refractivity contribution in [2.24, 2.45) is 11.3 Å². The first kappa shape index (κ1) is 12.8. The molecule has 0 N–H and O–H groups in total. The van der Waals surface area contributed by atoms with Crippen molar-refractivity contribution in [3.63, 3.8) is 0 Å². The van der Waals surface area contributed by atoms with E-state index < -0.39 is 0 Å². The van der Waals surface area contributed by atoms with E-state index >= 15 is 0 Å². The topological polar surface area (TPSA) is 0 Å². The molecule has 0 aliphatic heterocycles. The van der Waals surface area contributed by atoms with Crippen LogP contribution in [0.4, 0.5) is 0 Å². The van der Waals surface area contributed by atoms with Gasteiger partial charge in [-0.2, -0.15) is 0 Å². The van der Waals surface area contributed by atoms with E-state index in [1.165, 1.54) is 56.9 Å². The normalized spacial score (nSPS) is 31.5. The van der Waals surface area contributed by atoms with Crippen LogP contribution in [-0.4, -0.2) is 0 Å². The number of hydrogen-bond acceptors (Lipinski definition) is 0. The Hall–Kier alpha value is -0.260. The van der Waals surface area contributed by atoms with Crippen LogP contribution in [0.5, 0.6) is 0 Å². The maximum absolute atomic E-state index is 3.99. The minimum Gasteiger partial charge on any atom is -0.100 e. The summed E-state index contributed by atoms with van der Waals surface area (Å²) in [6.07, 6.45) is 11.2. The molecule has 0 saturated heterocycles. The smallest absolute Gasteiger partial charge is 0.0323 e. The molecule has 0 aromatic carbocycles. The van der Waals surface area contributed by atoms with Crippen LogP contribution in [0.1, 0.15) is 72.1 Å². The van der Waals surface area contributed by atoms with Gasteiger partial charge in [0, 0.05) is 0 Å². The van der Waals surface area contributed by atoms with Crippen LogP contribution in [0, 0.1) is 11.3 Å². The summed E-state index contributed by atoms with van der Waals surface area (Å²) >= 11 is 0. The van der Waals surface area contributed by atoms with Crippen molar-refractivity contribution in [2.75, 3.05) is 0 Å². The Bertz CT molecular complexity index is 204. The second-order valence-electron chi connectivity index (χ2n) is 5.99. The van der Waals surface area contributed by atoms with Crippen LogP contribution >= 0.6 is 0 Å². The Kier molecular flexibility index (Phi) is 4.89. The predicted octanol–water partition coefficient (Wildman–Crippen LogP) is 5.34. The second-order valence-corrected chi connectivity index (χ2v) is 5.99. The third kappa shape index (κ3) is 4.40. The first-order valence-corrected chi connectivity index (χ1v) is 6.70. The first-order chi connectivity index (χ1) is 7.06. The molecule has 1 rings (SSSR count). The summed E-state index contributed by atoms with van der Waals surface area (Å²) in [4.78, 5) is 0. The average Bonchev–Trinajstić information content (AvgIpc) is 2.16. The van der Waals surface area contributed by atoms with Crippen molar-refractivity contribution in [2.45, 2.75) is 72.1 Å². The standard InChI is InChI=1S/C15H28/c1-5-14-9-7-11-15(4,12-14)10-6-8-13(2)3/h14H,2,5-12H2,1,3-4H3. The molecule has 0 nitrogen and oxygen atoms in total. The van der Waals surface area contributed by atoms with Crippen molar-refractivity contribution in [1.29, 1.82) is 0 Å². The van der Waals surface area contributed by atoms with Crippen LogP contribution in [0.2, 0.25) is 0 Å². The highest BCUT2D eigenvalue weighted by Crippen LogP contribution is 2.43. The summed E-state index contributed by atoms with van der Waals surface area (Å²) < 4.78 is 0. The fourth-order valence-electron chi connectivity index (χ4n) is 3.11. The van der Waals surface area contributed by atoms with Crippen molar-refractivity contribution in [3.8, 4) is 0 Å². The molecule has 15 heavy (non-hydrogen) atoms. The SMILES string of the molecule is C=C(C)CCCC1(C)CCCC(CC)C1. The lowest BCUT2D eigenvalue weighted by molar-refractivity contribution is 0.141. The van der Waals surface area contributed by atoms with Gasteiger partial charge in [0.05, 0.1) is 0 Å². The number of hydrogen-bond donors (Lipinski definition) is 0. The van der Waals surface area contributed by atoms with E-state index in [0.29, 0.717) is 5.41 Å². The van der Waals surface area contributed by atoms with Gasteiger partial charge in [-0.25, -0.2) is 0 Å². The molecule has 88 valence electrons. The van der Waals surface area contributed by atoms with Gasteiger partial charge in [0.25, 0.3) is 0 Å². The third-order valence-corrected chi connectivity index (χ3v) is 4.14. The van der Waals surface area contributed by atoms with Gasteiger partial charge >= 0.3 is 0 Å². The van der Waals surface area contributed by atoms with Crippen LogP contribution < -0.4 is 0 Å². The highest BCUT2D eigenvalue weighted by molar-refractivity contribution is 4.89. The monoisotopic (exact) mass is 208 g/mol. The highest BCUT2D eigenvalue weighted by atomic mass is 14.4. The lowest BCUT2D eigenvalue weighted by Crippen LogP contribution is -2.25. The van der Waals surface area contributed by atoms with Crippen LogP contribution in [0.3, 0.4) is 0 Å². The Labute approximate surface area is 96.2 Å². The van der Waals surface area contributed by atoms with E-state index in [1.54, 1.807) is 0 Å². The molecule has 1 aliphatic carbocycles. The maximum atomic E-state index is 3.99. The number of allylic oxidation sites excluding steroid dienone is 1. The molecule has 1 fully saturated rings. The van der Waals surface area contributed by atoms with Crippen molar-refractivity contribution in [3.05, 3.63) is 12.2 Å². The van der Waals surface area contributed by atoms with E-state index in [1.807, 2.05) is 0 Å². The fourth-order valence-corrected chi connectivity index (χ4v) is 3.11. The van der Waals surface area contributed by atoms with Gasteiger partial charge in [0.15, 0.2) is 0 Å². The zero-order chi connectivity index (χ0) is 11.3. The van der Waals surface area contributed by atoms with E-state index in [2.05, 4.69) is 27.4 Å². The maximum Gasteiger partial charge on any atom is -0.0323 e. The van der Waals surface area contributed by atoms with Gasteiger partial charge in [-0.15, -0.1) is 6.58 Å². The quantitative estimate of drug-likeness (QED) is 0.535. The molecule has 0 spiro atoms. The van der Waals surface area contributed by atoms with E-state index in [9.17, 15) is 0 Å². The molecule has 2 atom stereocenters. The molecule has 0 aromatic heterocycles. The molecule has 0 heterocycles. The Morgan fingerprint density at radius 1 is 1.47 bits per heavy atom. The summed E-state index contributed by atoms with van der Waals surface area (Å²) in [7, 11) is 0. The molecule has 0 amide bonds. The summed E-state index contributed by atoms with van der Waals surface area (Å²) in [5, 5.41) is 0. The molecular weight excluding hydrogens is 180 g/mol. The van der Waals surface area contributed by atoms with Gasteiger partial charge in [-0.3, -0.25) is 0 Å². The molecular formula is C15H28. The van der Waals surface area contributed by atoms with E-state index in [4.69, 9.17) is 0 Å². The molecule has 0 heteroatoms. The van der Waals surface area contributed by atoms with Gasteiger partial charge < -0.3 is 0 Å². The lowest BCUT2D eigenvalue weighted by Gasteiger charge is -2.38. The van der Waals surface area contributed by atoms with Crippen LogP contribution in [-0.2, 0) is 0 Å². The van der Waals surface area contributed by atoms with Crippen LogP contribution in [0.15, 0.2) is 12.2 Å². The van der Waals surface area contributed by atoms with Gasteiger partial charge in [0.2, 0.25) is 0 Å². The zero-order valence-electron chi connectivity index (χ0n) is 10.9. The second kappa shape index (κ2) is 5.72. The van der Waals surface area contributed by atoms with Crippen molar-refractivity contribution < 1.29 is 0 Å². The Morgan fingerprint density at radius 2 is 2.20 bits per heavy atom. The molecule has 1 saturated carbocycles. The molecule has 1 aliphatic rings. The molecule has 2 unspecified atom stereocenters. The van der Waals surface area contributed by atoms with Crippen molar-refractivity contribution in [1.82, 2.24) is 0 Å². The van der Waals surface area contributed by atoms with Gasteiger partial charge in [-0.1, -0.05) is 38.7 Å². The summed E-state index contributed by atoms with van der Waals surface area (Å²) in [6.45, 7) is 11.0. The Morgan fingerprint density at radius 3 is 2.80 bits per heavy atom. The van der Waals surface area contributed by atoms with Gasteiger partial charge in [0.1, 0.15) is 0 Å². The van der Waals surface area contributed by atoms with E-state index in [0.717, 1.165) is 5.92 Å². The fraction of sp³-hybridized carbons (Fsp3) is 0.867. The minimum absolute atomic E-state index is 0.647. The minimum atomic E-state index is 0.647. The summed E-state index contributed by atoms with van der Waals surface area (Å²) in [5.41, 5.74) is 2.00. The highest BCUT2D eigenvalue weighted by Gasteiger charge is 2.30. The van der Waals surface area contributed by atoms with Gasteiger partial charge in [-0.05, 0) is 50.4 Å². The predicted molar refractivity (Wildman–Crippen MR) is 69.0 cm³/mol. The molecule has 0 aromatic rings. The van der Waals surface area contributed by atoms with Crippen LogP contribution in [0.25, 0.3) is 0 Å².